The summed E-state index contributed by atoms with van der Waals surface area (Å²) in [6.45, 7) is 0.861. The number of imidazole rings is 1. The molecular weight excluding hydrogens is 384 g/mol. The summed E-state index contributed by atoms with van der Waals surface area (Å²) in [7, 11) is 4.70. The maximum atomic E-state index is 12.9. The fourth-order valence-electron chi connectivity index (χ4n) is 3.37. The third-order valence-corrected chi connectivity index (χ3v) is 5.00. The van der Waals surface area contributed by atoms with Crippen LogP contribution in [0.5, 0.6) is 5.75 Å². The number of nitrogens with zero attached hydrogens (tertiary/aromatic N) is 5. The highest BCUT2D eigenvalue weighted by Crippen LogP contribution is 2.19. The average Bonchev–Trinajstić information content (AvgIpc) is 3.14. The van der Waals surface area contributed by atoms with Gasteiger partial charge in [-0.2, -0.15) is 4.98 Å². The second kappa shape index (κ2) is 7.86. The molecule has 9 heteroatoms. The minimum absolute atomic E-state index is 0.333. The van der Waals surface area contributed by atoms with Crippen molar-refractivity contribution in [1.29, 1.82) is 0 Å². The summed E-state index contributed by atoms with van der Waals surface area (Å²) in [5.74, 6) is 1.25. The van der Waals surface area contributed by atoms with Crippen LogP contribution in [0.25, 0.3) is 11.2 Å². The smallest absolute Gasteiger partial charge is 0.332 e. The molecule has 0 amide bonds. The molecule has 0 unspecified atom stereocenters. The molecule has 1 N–H and O–H groups in total. The van der Waals surface area contributed by atoms with Gasteiger partial charge in [-0.1, -0.05) is 18.2 Å². The van der Waals surface area contributed by atoms with E-state index in [1.54, 1.807) is 31.1 Å². The highest BCUT2D eigenvalue weighted by Gasteiger charge is 2.19. The molecule has 9 nitrogen and oxygen atoms in total. The van der Waals surface area contributed by atoms with Gasteiger partial charge in [0, 0.05) is 33.0 Å². The van der Waals surface area contributed by atoms with Gasteiger partial charge in [0.25, 0.3) is 5.56 Å². The summed E-state index contributed by atoms with van der Waals surface area (Å²) in [4.78, 5) is 34.0. The van der Waals surface area contributed by atoms with Crippen LogP contribution in [0.3, 0.4) is 0 Å². The predicted octanol–water partition coefficient (Wildman–Crippen LogP) is 1.50. The van der Waals surface area contributed by atoms with Crippen LogP contribution in [0.1, 0.15) is 11.1 Å². The summed E-state index contributed by atoms with van der Waals surface area (Å²) in [6.07, 6.45) is 3.43. The van der Waals surface area contributed by atoms with Crippen LogP contribution >= 0.6 is 0 Å². The van der Waals surface area contributed by atoms with Crippen molar-refractivity contribution in [3.8, 4) is 5.75 Å². The molecule has 4 aromatic rings. The first kappa shape index (κ1) is 19.4. The van der Waals surface area contributed by atoms with E-state index in [1.807, 2.05) is 36.4 Å². The number of methoxy groups -OCH3 is 1. The maximum absolute atomic E-state index is 12.9. The van der Waals surface area contributed by atoms with Crippen LogP contribution in [-0.4, -0.2) is 30.8 Å². The summed E-state index contributed by atoms with van der Waals surface area (Å²) in [6, 6.07) is 11.5. The van der Waals surface area contributed by atoms with Gasteiger partial charge in [-0.05, 0) is 29.3 Å². The number of fused-ring (bicyclic) bond motifs is 1. The minimum atomic E-state index is -0.419. The number of ether oxygens (including phenoxy) is 1. The van der Waals surface area contributed by atoms with Crippen LogP contribution in [0.2, 0.25) is 0 Å². The van der Waals surface area contributed by atoms with E-state index in [0.717, 1.165) is 21.4 Å². The topological polar surface area (TPSA) is 96.0 Å². The van der Waals surface area contributed by atoms with Gasteiger partial charge in [-0.25, -0.2) is 4.79 Å². The highest BCUT2D eigenvalue weighted by molar-refractivity contribution is 5.74. The van der Waals surface area contributed by atoms with Crippen molar-refractivity contribution >= 4 is 17.1 Å². The molecule has 0 aliphatic rings. The number of rotatable bonds is 6. The van der Waals surface area contributed by atoms with Crippen LogP contribution < -0.4 is 21.3 Å². The number of nitrogens with one attached hydrogen (secondary N) is 1. The van der Waals surface area contributed by atoms with E-state index < -0.39 is 5.69 Å². The van der Waals surface area contributed by atoms with Crippen LogP contribution in [0.15, 0.2) is 58.4 Å². The van der Waals surface area contributed by atoms with E-state index in [2.05, 4.69) is 15.3 Å². The fourth-order valence-corrected chi connectivity index (χ4v) is 3.37. The lowest BCUT2D eigenvalue weighted by Gasteiger charge is -2.11. The van der Waals surface area contributed by atoms with Crippen molar-refractivity contribution in [1.82, 2.24) is 23.7 Å². The van der Waals surface area contributed by atoms with Crippen molar-refractivity contribution < 1.29 is 4.74 Å². The number of aromatic nitrogens is 5. The molecular formula is C21H22N6O3. The lowest BCUT2D eigenvalue weighted by atomic mass is 10.2. The summed E-state index contributed by atoms with van der Waals surface area (Å²) < 4.78 is 9.54. The average molecular weight is 406 g/mol. The Kier molecular flexibility index (Phi) is 5.09. The molecule has 0 atom stereocenters. The number of anilines is 1. The quantitative estimate of drug-likeness (QED) is 0.521. The third kappa shape index (κ3) is 3.45. The molecule has 1 aromatic carbocycles. The monoisotopic (exact) mass is 406 g/mol. The number of aryl methyl sites for hydroxylation is 1. The van der Waals surface area contributed by atoms with Gasteiger partial charge in [0.1, 0.15) is 5.75 Å². The van der Waals surface area contributed by atoms with Crippen LogP contribution in [-0.2, 0) is 27.2 Å². The van der Waals surface area contributed by atoms with Gasteiger partial charge < -0.3 is 10.1 Å². The van der Waals surface area contributed by atoms with Crippen LogP contribution in [0.4, 0.5) is 5.95 Å². The van der Waals surface area contributed by atoms with E-state index in [9.17, 15) is 9.59 Å². The third-order valence-electron chi connectivity index (χ3n) is 5.00. The molecule has 0 saturated heterocycles. The SMILES string of the molecule is COc1cccc(CNc2nc3c(c(=O)n(C)c(=O)n3C)n2Cc2cccnc2)c1. The molecule has 0 saturated carbocycles. The van der Waals surface area contributed by atoms with E-state index in [4.69, 9.17) is 4.74 Å². The molecule has 0 radical (unpaired) electrons. The second-order valence-electron chi connectivity index (χ2n) is 6.97. The lowest BCUT2D eigenvalue weighted by Crippen LogP contribution is -2.37. The van der Waals surface area contributed by atoms with Gasteiger partial charge in [-0.3, -0.25) is 23.5 Å². The number of benzene rings is 1. The summed E-state index contributed by atoms with van der Waals surface area (Å²) in [5, 5.41) is 3.30. The number of hydrogen-bond acceptors (Lipinski definition) is 6. The number of pyridine rings is 1. The Bertz CT molecular complexity index is 1320. The molecule has 0 fully saturated rings. The fraction of sp³-hybridized carbons (Fsp3) is 0.238. The van der Waals surface area contributed by atoms with Crippen molar-refractivity contribution in [2.75, 3.05) is 12.4 Å². The molecule has 0 spiro atoms. The van der Waals surface area contributed by atoms with E-state index in [-0.39, 0.29) is 5.56 Å². The van der Waals surface area contributed by atoms with E-state index in [0.29, 0.717) is 30.2 Å². The Hall–Kier alpha value is -3.88. The molecule has 3 aromatic heterocycles. The number of hydrogen-bond donors (Lipinski definition) is 1. The first-order valence-corrected chi connectivity index (χ1v) is 9.41. The van der Waals surface area contributed by atoms with Crippen LogP contribution in [0, 0.1) is 0 Å². The Morgan fingerprint density at radius 3 is 2.60 bits per heavy atom. The molecule has 154 valence electrons. The highest BCUT2D eigenvalue weighted by atomic mass is 16.5. The Morgan fingerprint density at radius 1 is 1.07 bits per heavy atom. The first-order valence-electron chi connectivity index (χ1n) is 9.41. The minimum Gasteiger partial charge on any atom is -0.497 e. The standard InChI is InChI=1S/C21H22N6O3/c1-25-18-17(19(28)26(2)21(25)29)27(13-15-7-5-9-22-11-15)20(24-18)23-12-14-6-4-8-16(10-14)30-3/h4-11H,12-13H2,1-3H3,(H,23,24). The molecule has 3 heterocycles. The molecule has 30 heavy (non-hydrogen) atoms. The second-order valence-corrected chi connectivity index (χ2v) is 6.97. The Balaban J connectivity index is 1.82. The Morgan fingerprint density at radius 2 is 1.87 bits per heavy atom. The van der Waals surface area contributed by atoms with E-state index >= 15 is 0 Å². The molecule has 0 aliphatic heterocycles. The maximum Gasteiger partial charge on any atom is 0.332 e. The van der Waals surface area contributed by atoms with Crippen molar-refractivity contribution in [3.05, 3.63) is 80.8 Å². The van der Waals surface area contributed by atoms with E-state index in [1.165, 1.54) is 11.6 Å². The van der Waals surface area contributed by atoms with Gasteiger partial charge in [0.2, 0.25) is 5.95 Å². The van der Waals surface area contributed by atoms with Crippen molar-refractivity contribution in [2.45, 2.75) is 13.1 Å². The van der Waals surface area contributed by atoms with Gasteiger partial charge in [0.15, 0.2) is 11.2 Å². The summed E-state index contributed by atoms with van der Waals surface area (Å²) >= 11 is 0. The molecule has 0 aliphatic carbocycles. The zero-order chi connectivity index (χ0) is 21.3. The molecule has 0 bridgehead atoms. The normalized spacial score (nSPS) is 11.0. The van der Waals surface area contributed by atoms with Gasteiger partial charge in [-0.15, -0.1) is 0 Å². The van der Waals surface area contributed by atoms with Crippen molar-refractivity contribution in [2.24, 2.45) is 14.1 Å². The lowest BCUT2D eigenvalue weighted by molar-refractivity contribution is 0.414. The Labute approximate surface area is 172 Å². The van der Waals surface area contributed by atoms with Crippen molar-refractivity contribution in [3.63, 3.8) is 0 Å². The summed E-state index contributed by atoms with van der Waals surface area (Å²) in [5.41, 5.74) is 1.79. The van der Waals surface area contributed by atoms with Gasteiger partial charge in [0.05, 0.1) is 13.7 Å². The first-order chi connectivity index (χ1) is 14.5. The zero-order valence-corrected chi connectivity index (χ0v) is 17.0. The predicted molar refractivity (Wildman–Crippen MR) is 114 cm³/mol. The molecule has 4 rings (SSSR count). The zero-order valence-electron chi connectivity index (χ0n) is 17.0. The van der Waals surface area contributed by atoms with Gasteiger partial charge >= 0.3 is 5.69 Å². The largest absolute Gasteiger partial charge is 0.497 e.